The van der Waals surface area contributed by atoms with Gasteiger partial charge in [0.2, 0.25) is 5.95 Å². The third kappa shape index (κ3) is 4.76. The normalized spacial score (nSPS) is 10.7. The van der Waals surface area contributed by atoms with Crippen molar-refractivity contribution < 1.29 is 0 Å². The molecule has 0 saturated carbocycles. The summed E-state index contributed by atoms with van der Waals surface area (Å²) in [6.45, 7) is 5.76. The largest absolute Gasteiger partial charge is 0.350 e. The monoisotopic (exact) mass is 333 g/mol. The maximum atomic E-state index is 4.68. The van der Waals surface area contributed by atoms with Crippen LogP contribution in [0.4, 0.5) is 11.8 Å². The summed E-state index contributed by atoms with van der Waals surface area (Å²) in [5, 5.41) is 3.25. The second-order valence-corrected chi connectivity index (χ2v) is 6.12. The third-order valence-electron chi connectivity index (χ3n) is 3.91. The summed E-state index contributed by atoms with van der Waals surface area (Å²) in [5.41, 5.74) is 2.22. The minimum atomic E-state index is 0.332. The Kier molecular flexibility index (Phi) is 5.57. The van der Waals surface area contributed by atoms with Crippen LogP contribution in [0.15, 0.2) is 67.0 Å². The van der Waals surface area contributed by atoms with Crippen LogP contribution in [-0.4, -0.2) is 21.0 Å². The van der Waals surface area contributed by atoms with Crippen LogP contribution < -0.4 is 10.2 Å². The number of hydrogen-bond donors (Lipinski definition) is 1. The fourth-order valence-electron chi connectivity index (χ4n) is 2.57. The van der Waals surface area contributed by atoms with Crippen LogP contribution in [0.2, 0.25) is 0 Å². The second-order valence-electron chi connectivity index (χ2n) is 6.12. The molecule has 0 aliphatic carbocycles. The summed E-state index contributed by atoms with van der Waals surface area (Å²) in [4.78, 5) is 15.6. The van der Waals surface area contributed by atoms with E-state index in [4.69, 9.17) is 0 Å². The topological polar surface area (TPSA) is 53.9 Å². The molecule has 2 heterocycles. The molecule has 3 rings (SSSR count). The second kappa shape index (κ2) is 8.24. The van der Waals surface area contributed by atoms with Crippen molar-refractivity contribution in [1.82, 2.24) is 15.0 Å². The van der Waals surface area contributed by atoms with Gasteiger partial charge in [-0.15, -0.1) is 0 Å². The van der Waals surface area contributed by atoms with Crippen molar-refractivity contribution in [3.63, 3.8) is 0 Å². The lowest BCUT2D eigenvalue weighted by atomic mass is 10.2. The van der Waals surface area contributed by atoms with Gasteiger partial charge < -0.3 is 10.2 Å². The van der Waals surface area contributed by atoms with Crippen LogP contribution in [0.1, 0.15) is 25.1 Å². The number of hydrogen-bond acceptors (Lipinski definition) is 5. The number of nitrogens with zero attached hydrogens (tertiary/aromatic N) is 4. The van der Waals surface area contributed by atoms with Crippen LogP contribution in [0.5, 0.6) is 0 Å². The highest BCUT2D eigenvalue weighted by molar-refractivity contribution is 5.44. The summed E-state index contributed by atoms with van der Waals surface area (Å²) in [6.07, 6.45) is 3.58. The summed E-state index contributed by atoms with van der Waals surface area (Å²) in [6, 6.07) is 18.6. The zero-order chi connectivity index (χ0) is 17.5. The van der Waals surface area contributed by atoms with Gasteiger partial charge in [-0.05, 0) is 37.6 Å². The Bertz CT molecular complexity index is 774. The fraction of sp³-hybridized carbons (Fsp3) is 0.250. The van der Waals surface area contributed by atoms with E-state index in [2.05, 4.69) is 63.3 Å². The fourth-order valence-corrected chi connectivity index (χ4v) is 2.57. The van der Waals surface area contributed by atoms with Crippen LogP contribution in [-0.2, 0) is 13.1 Å². The molecule has 0 aliphatic rings. The van der Waals surface area contributed by atoms with E-state index in [1.54, 1.807) is 12.4 Å². The first-order valence-electron chi connectivity index (χ1n) is 8.50. The molecule has 128 valence electrons. The molecule has 0 aliphatic heterocycles. The molecular weight excluding hydrogens is 310 g/mol. The van der Waals surface area contributed by atoms with Crippen molar-refractivity contribution in [1.29, 1.82) is 0 Å². The van der Waals surface area contributed by atoms with Gasteiger partial charge in [0.15, 0.2) is 0 Å². The first-order valence-corrected chi connectivity index (χ1v) is 8.50. The van der Waals surface area contributed by atoms with Gasteiger partial charge in [-0.1, -0.05) is 36.4 Å². The molecule has 5 heteroatoms. The quantitative estimate of drug-likeness (QED) is 0.711. The molecule has 0 atom stereocenters. The van der Waals surface area contributed by atoms with E-state index in [9.17, 15) is 0 Å². The minimum Gasteiger partial charge on any atom is -0.350 e. The zero-order valence-corrected chi connectivity index (χ0v) is 14.6. The van der Waals surface area contributed by atoms with E-state index in [1.165, 1.54) is 5.56 Å². The Morgan fingerprint density at radius 2 is 1.72 bits per heavy atom. The van der Waals surface area contributed by atoms with E-state index in [1.807, 2.05) is 30.3 Å². The molecule has 25 heavy (non-hydrogen) atoms. The first kappa shape index (κ1) is 16.9. The minimum absolute atomic E-state index is 0.332. The van der Waals surface area contributed by atoms with Crippen molar-refractivity contribution in [3.8, 4) is 0 Å². The molecule has 3 aromatic rings. The molecule has 0 fully saturated rings. The number of nitrogens with one attached hydrogen (secondary N) is 1. The van der Waals surface area contributed by atoms with Gasteiger partial charge in [0.1, 0.15) is 5.82 Å². The Balaban J connectivity index is 1.73. The highest BCUT2D eigenvalue weighted by atomic mass is 15.2. The Labute approximate surface area is 148 Å². The van der Waals surface area contributed by atoms with Crippen LogP contribution in [0.25, 0.3) is 0 Å². The average molecular weight is 333 g/mol. The molecule has 1 aromatic carbocycles. The zero-order valence-electron chi connectivity index (χ0n) is 14.6. The number of rotatable bonds is 7. The first-order chi connectivity index (χ1) is 12.2. The Hall–Kier alpha value is -2.95. The van der Waals surface area contributed by atoms with E-state index >= 15 is 0 Å². The van der Waals surface area contributed by atoms with Crippen molar-refractivity contribution in [2.75, 3.05) is 10.2 Å². The van der Waals surface area contributed by atoms with Crippen molar-refractivity contribution in [2.45, 2.75) is 33.0 Å². The number of anilines is 2. The predicted octanol–water partition coefficient (Wildman–Crippen LogP) is 3.90. The summed E-state index contributed by atoms with van der Waals surface area (Å²) in [5.74, 6) is 1.53. The van der Waals surface area contributed by atoms with Gasteiger partial charge in [0.25, 0.3) is 0 Å². The Morgan fingerprint density at radius 3 is 2.44 bits per heavy atom. The lowest BCUT2D eigenvalue weighted by Crippen LogP contribution is -2.31. The van der Waals surface area contributed by atoms with E-state index < -0.39 is 0 Å². The number of aromatic nitrogens is 3. The van der Waals surface area contributed by atoms with Crippen LogP contribution >= 0.6 is 0 Å². The molecule has 1 N–H and O–H groups in total. The number of pyridine rings is 1. The van der Waals surface area contributed by atoms with Crippen LogP contribution in [0.3, 0.4) is 0 Å². The van der Waals surface area contributed by atoms with Crippen molar-refractivity contribution in [3.05, 3.63) is 78.2 Å². The SMILES string of the molecule is CC(C)N(Cc1ccccc1)c1ccnc(NCc2ccccn2)n1. The van der Waals surface area contributed by atoms with E-state index in [-0.39, 0.29) is 0 Å². The van der Waals surface area contributed by atoms with Crippen molar-refractivity contribution >= 4 is 11.8 Å². The average Bonchev–Trinajstić information content (AvgIpc) is 2.66. The maximum Gasteiger partial charge on any atom is 0.224 e. The molecule has 0 unspecified atom stereocenters. The van der Waals surface area contributed by atoms with Gasteiger partial charge in [-0.2, -0.15) is 4.98 Å². The molecule has 0 amide bonds. The van der Waals surface area contributed by atoms with Gasteiger partial charge in [0, 0.05) is 25.0 Å². The van der Waals surface area contributed by atoms with Crippen LogP contribution in [0, 0.1) is 0 Å². The molecule has 2 aromatic heterocycles. The molecular formula is C20H23N5. The summed E-state index contributed by atoms with van der Waals surface area (Å²) in [7, 11) is 0. The highest BCUT2D eigenvalue weighted by Crippen LogP contribution is 2.18. The van der Waals surface area contributed by atoms with Gasteiger partial charge in [-0.25, -0.2) is 4.98 Å². The van der Waals surface area contributed by atoms with E-state index in [0.717, 1.165) is 18.1 Å². The summed E-state index contributed by atoms with van der Waals surface area (Å²) < 4.78 is 0. The Morgan fingerprint density at radius 1 is 0.920 bits per heavy atom. The predicted molar refractivity (Wildman–Crippen MR) is 101 cm³/mol. The van der Waals surface area contributed by atoms with Gasteiger partial charge >= 0.3 is 0 Å². The van der Waals surface area contributed by atoms with Gasteiger partial charge in [-0.3, -0.25) is 4.98 Å². The summed E-state index contributed by atoms with van der Waals surface area (Å²) >= 11 is 0. The molecule has 0 spiro atoms. The molecule has 5 nitrogen and oxygen atoms in total. The standard InChI is InChI=1S/C20H23N5/c1-16(2)25(15-17-8-4-3-5-9-17)19-11-13-22-20(24-19)23-14-18-10-6-7-12-21-18/h3-13,16H,14-15H2,1-2H3,(H,22,23,24). The van der Waals surface area contributed by atoms with E-state index in [0.29, 0.717) is 18.5 Å². The molecule has 0 saturated heterocycles. The molecule has 0 bridgehead atoms. The lowest BCUT2D eigenvalue weighted by Gasteiger charge is -2.28. The van der Waals surface area contributed by atoms with Crippen molar-refractivity contribution in [2.24, 2.45) is 0 Å². The lowest BCUT2D eigenvalue weighted by molar-refractivity contribution is 0.671. The maximum absolute atomic E-state index is 4.68. The third-order valence-corrected chi connectivity index (χ3v) is 3.91. The van der Waals surface area contributed by atoms with Gasteiger partial charge in [0.05, 0.1) is 12.2 Å². The smallest absolute Gasteiger partial charge is 0.224 e. The highest BCUT2D eigenvalue weighted by Gasteiger charge is 2.13. The molecule has 0 radical (unpaired) electrons. The number of benzene rings is 1.